The molecule has 0 amide bonds. The molecule has 3 aromatic carbocycles. The van der Waals surface area contributed by atoms with Gasteiger partial charge in [0, 0.05) is 54.5 Å². The second-order valence-electron chi connectivity index (χ2n) is 14.8. The fourth-order valence-corrected chi connectivity index (χ4v) is 11.6. The molecule has 7 aliphatic heterocycles. The van der Waals surface area contributed by atoms with Gasteiger partial charge in [0.1, 0.15) is 6.61 Å². The van der Waals surface area contributed by atoms with Crippen molar-refractivity contribution in [3.05, 3.63) is 57.1 Å². The number of aromatic hydroxyl groups is 2. The highest BCUT2D eigenvalue weighted by molar-refractivity contribution is 7.99. The number of esters is 2. The molecular weight excluding hydrogens is 719 g/mol. The number of piperazine rings is 1. The Labute approximate surface area is 316 Å². The number of phenols is 2. The number of hydrogen-bond acceptors (Lipinski definition) is 15. The molecule has 6 atom stereocenters. The maximum absolute atomic E-state index is 14.7. The van der Waals surface area contributed by atoms with E-state index in [0.29, 0.717) is 59.9 Å². The van der Waals surface area contributed by atoms with Crippen molar-refractivity contribution in [2.75, 3.05) is 60.6 Å². The van der Waals surface area contributed by atoms with Gasteiger partial charge in [0.25, 0.3) is 0 Å². The average Bonchev–Trinajstić information content (AvgIpc) is 3.62. The van der Waals surface area contributed by atoms with Gasteiger partial charge in [-0.1, -0.05) is 6.07 Å². The van der Waals surface area contributed by atoms with Crippen molar-refractivity contribution in [2.45, 2.75) is 61.6 Å². The van der Waals surface area contributed by atoms with E-state index in [1.807, 2.05) is 6.92 Å². The number of carbonyl (C=O) groups excluding carboxylic acids is 2. The number of carbonyl (C=O) groups is 2. The quantitative estimate of drug-likeness (QED) is 0.260. The number of likely N-dealkylation sites (N-methyl/N-ethyl adjacent to an activating group) is 1. The van der Waals surface area contributed by atoms with E-state index < -0.39 is 28.8 Å². The molecule has 4 bridgehead atoms. The minimum Gasteiger partial charge on any atom is -0.504 e. The molecule has 3 aromatic rings. The van der Waals surface area contributed by atoms with Crippen molar-refractivity contribution in [3.8, 4) is 46.0 Å². The van der Waals surface area contributed by atoms with Crippen LogP contribution >= 0.6 is 11.8 Å². The van der Waals surface area contributed by atoms with E-state index in [4.69, 9.17) is 33.2 Å². The van der Waals surface area contributed by atoms with Gasteiger partial charge in [-0.2, -0.15) is 0 Å². The van der Waals surface area contributed by atoms with Gasteiger partial charge in [0.2, 0.25) is 18.3 Å². The monoisotopic (exact) mass is 761 g/mol. The minimum atomic E-state index is -1.32. The second-order valence-corrected chi connectivity index (χ2v) is 15.9. The molecule has 0 radical (unpaired) electrons. The molecule has 10 rings (SSSR count). The molecule has 14 nitrogen and oxygen atoms in total. The maximum atomic E-state index is 14.7. The second kappa shape index (κ2) is 12.8. The fraction of sp³-hybridized carbons (Fsp3) is 0.487. The lowest BCUT2D eigenvalue weighted by atomic mass is 9.74. The van der Waals surface area contributed by atoms with E-state index >= 15 is 0 Å². The Hall–Kier alpha value is -4.57. The number of nitrogens with zero attached hydrogens (tertiary/aromatic N) is 2. The maximum Gasteiger partial charge on any atom is 0.331 e. The van der Waals surface area contributed by atoms with Crippen molar-refractivity contribution < 1.29 is 53.0 Å². The highest BCUT2D eigenvalue weighted by Gasteiger charge is 2.59. The number of methoxy groups -OCH3 is 3. The fourth-order valence-electron chi connectivity index (χ4n) is 9.88. The molecule has 286 valence electrons. The van der Waals surface area contributed by atoms with E-state index in [0.717, 1.165) is 22.3 Å². The Morgan fingerprint density at radius 3 is 2.50 bits per heavy atom. The van der Waals surface area contributed by atoms with Gasteiger partial charge in [-0.3, -0.25) is 19.9 Å². The van der Waals surface area contributed by atoms with Crippen LogP contribution in [0.15, 0.2) is 18.2 Å². The van der Waals surface area contributed by atoms with E-state index in [1.54, 1.807) is 19.2 Å². The number of phenolic OH excluding ortho intramolecular Hbond substituents is 2. The summed E-state index contributed by atoms with van der Waals surface area (Å²) in [4.78, 5) is 32.3. The zero-order chi connectivity index (χ0) is 37.8. The first kappa shape index (κ1) is 35.2. The summed E-state index contributed by atoms with van der Waals surface area (Å²) in [7, 11) is 6.63. The number of nitrogens with one attached hydrogen (secondary N) is 1. The van der Waals surface area contributed by atoms with Crippen LogP contribution in [0.3, 0.4) is 0 Å². The van der Waals surface area contributed by atoms with Crippen molar-refractivity contribution >= 4 is 23.7 Å². The molecule has 7 heterocycles. The van der Waals surface area contributed by atoms with Crippen LogP contribution in [0, 0.1) is 6.92 Å². The highest BCUT2D eigenvalue weighted by atomic mass is 32.2. The third kappa shape index (κ3) is 4.83. The van der Waals surface area contributed by atoms with Gasteiger partial charge < -0.3 is 43.4 Å². The van der Waals surface area contributed by atoms with Gasteiger partial charge >= 0.3 is 11.9 Å². The Balaban J connectivity index is 1.31. The first-order chi connectivity index (χ1) is 26.0. The van der Waals surface area contributed by atoms with Crippen LogP contribution in [0.1, 0.15) is 63.2 Å². The summed E-state index contributed by atoms with van der Waals surface area (Å²) in [6, 6.07) is 4.29. The third-order valence-corrected chi connectivity index (χ3v) is 13.6. The van der Waals surface area contributed by atoms with Crippen molar-refractivity contribution in [1.29, 1.82) is 0 Å². The predicted molar refractivity (Wildman–Crippen MR) is 195 cm³/mol. The molecule has 1 spiro atoms. The lowest BCUT2D eigenvalue weighted by Gasteiger charge is -2.60. The average molecular weight is 762 g/mol. The lowest BCUT2D eigenvalue weighted by Crippen LogP contribution is -2.65. The van der Waals surface area contributed by atoms with Crippen LogP contribution < -0.4 is 33.7 Å². The highest BCUT2D eigenvalue weighted by Crippen LogP contribution is 2.65. The number of rotatable bonds is 4. The SMILES string of the molecule is COc1cc2c(cc1O)CCN[C@]21CS[C@@H]2c3c(OC(C)=O)c(OC)c4c(c3[C@H](COC1=O)N1C[C@@H]3Cc5cc(C)c(OC)c(O)c5C([C@H]21)N3C)OCO4. The van der Waals surface area contributed by atoms with E-state index in [2.05, 4.69) is 28.2 Å². The summed E-state index contributed by atoms with van der Waals surface area (Å²) in [6.45, 7) is 4.24. The number of aryl methyl sites for hydroxylation is 1. The van der Waals surface area contributed by atoms with E-state index in [1.165, 1.54) is 32.9 Å². The molecule has 7 aliphatic rings. The van der Waals surface area contributed by atoms with E-state index in [9.17, 15) is 19.8 Å². The smallest absolute Gasteiger partial charge is 0.331 e. The summed E-state index contributed by atoms with van der Waals surface area (Å²) in [5.41, 5.74) is 4.25. The minimum absolute atomic E-state index is 0.00626. The first-order valence-electron chi connectivity index (χ1n) is 18.1. The van der Waals surface area contributed by atoms with Crippen LogP contribution in [0.2, 0.25) is 0 Å². The Morgan fingerprint density at radius 1 is 0.981 bits per heavy atom. The van der Waals surface area contributed by atoms with Crippen LogP contribution in [0.4, 0.5) is 0 Å². The normalized spacial score (nSPS) is 28.0. The Morgan fingerprint density at radius 2 is 1.76 bits per heavy atom. The largest absolute Gasteiger partial charge is 0.504 e. The van der Waals surface area contributed by atoms with Gasteiger partial charge in [-0.05, 0) is 61.2 Å². The number of fused-ring (bicyclic) bond motifs is 9. The number of thioether (sulfide) groups is 1. The molecule has 0 aromatic heterocycles. The number of benzene rings is 3. The molecule has 0 saturated carbocycles. The summed E-state index contributed by atoms with van der Waals surface area (Å²) in [5, 5.41) is 25.8. The van der Waals surface area contributed by atoms with Gasteiger partial charge in [-0.25, -0.2) is 4.79 Å². The molecule has 2 fully saturated rings. The van der Waals surface area contributed by atoms with Crippen molar-refractivity contribution in [1.82, 2.24) is 15.1 Å². The Bertz CT molecular complexity index is 2110. The molecule has 15 heteroatoms. The van der Waals surface area contributed by atoms with Crippen LogP contribution in [-0.2, 0) is 32.7 Å². The standard InChI is InChI=1S/C39H43N3O11S/c1-17-9-20-10-21-13-42-23-14-50-38(46)39(22-12-25(47-4)24(44)11-19(22)7-8-40-39)15-54-37(30(42)29(41(21)3)26(20)31(45)32(17)48-5)28-27(23)33-36(52-16-51-33)35(49-6)34(28)53-18(2)43/h9,11-12,21,23,29-30,37,40,44-45H,7-8,10,13-16H2,1-6H3/t21-,23-,29?,30+,37+,39+/m0/s1. The molecule has 1 unspecified atom stereocenters. The van der Waals surface area contributed by atoms with Gasteiger partial charge in [0.05, 0.1) is 38.7 Å². The summed E-state index contributed by atoms with van der Waals surface area (Å²) in [6.07, 6.45) is 1.28. The summed E-state index contributed by atoms with van der Waals surface area (Å²) < 4.78 is 42.0. The topological polar surface area (TPSA) is 158 Å². The zero-order valence-corrected chi connectivity index (χ0v) is 31.8. The first-order valence-corrected chi connectivity index (χ1v) is 19.1. The summed E-state index contributed by atoms with van der Waals surface area (Å²) >= 11 is 1.53. The van der Waals surface area contributed by atoms with Crippen LogP contribution in [0.5, 0.6) is 46.0 Å². The van der Waals surface area contributed by atoms with Crippen molar-refractivity contribution in [2.24, 2.45) is 0 Å². The lowest BCUT2D eigenvalue weighted by molar-refractivity contribution is -0.156. The molecule has 3 N–H and O–H groups in total. The molecule has 2 saturated heterocycles. The molecular formula is C39H43N3O11S. The summed E-state index contributed by atoms with van der Waals surface area (Å²) in [5.74, 6) is 1.23. The van der Waals surface area contributed by atoms with Gasteiger partial charge in [-0.15, -0.1) is 11.8 Å². The third-order valence-electron chi connectivity index (χ3n) is 12.1. The molecule has 54 heavy (non-hydrogen) atoms. The predicted octanol–water partition coefficient (Wildman–Crippen LogP) is 3.80. The number of hydrogen-bond donors (Lipinski definition) is 3. The molecule has 0 aliphatic carbocycles. The zero-order valence-electron chi connectivity index (χ0n) is 30.9. The van der Waals surface area contributed by atoms with Crippen LogP contribution in [0.25, 0.3) is 0 Å². The van der Waals surface area contributed by atoms with Gasteiger partial charge in [0.15, 0.2) is 40.0 Å². The van der Waals surface area contributed by atoms with Crippen molar-refractivity contribution in [3.63, 3.8) is 0 Å². The van der Waals surface area contributed by atoms with Crippen LogP contribution in [-0.4, -0.2) is 105 Å². The van der Waals surface area contributed by atoms with E-state index in [-0.39, 0.29) is 66.0 Å². The Kier molecular flexibility index (Phi) is 8.30. The number of ether oxygens (including phenoxy) is 7.